The van der Waals surface area contributed by atoms with Crippen LogP contribution in [0.3, 0.4) is 0 Å². The number of aryl methyl sites for hydroxylation is 5. The summed E-state index contributed by atoms with van der Waals surface area (Å²) in [6.07, 6.45) is 2.74. The van der Waals surface area contributed by atoms with Gasteiger partial charge in [-0.15, -0.1) is 34.9 Å². The molecule has 256 valence electrons. The molecule has 9 nitrogen and oxygen atoms in total. The maximum absolute atomic E-state index is 13.0. The molecule has 0 amide bonds. The van der Waals surface area contributed by atoms with Crippen LogP contribution in [0.2, 0.25) is 5.02 Å². The molecule has 0 saturated carbocycles. The number of methoxy groups -OCH3 is 1. The number of aromatic hydroxyl groups is 1. The molecule has 49 heavy (non-hydrogen) atoms. The van der Waals surface area contributed by atoms with Gasteiger partial charge in [-0.3, -0.25) is 9.67 Å². The highest BCUT2D eigenvalue weighted by atomic mass is 35.5. The first-order valence-electron chi connectivity index (χ1n) is 16.0. The first-order valence-corrected chi connectivity index (χ1v) is 19.3. The lowest BCUT2D eigenvalue weighted by atomic mass is 9.98. The number of phenols is 1. The lowest BCUT2D eigenvalue weighted by Gasteiger charge is -2.13. The van der Waals surface area contributed by atoms with Gasteiger partial charge >= 0.3 is 5.97 Å². The molecule has 0 aliphatic carbocycles. The van der Waals surface area contributed by atoms with E-state index in [1.165, 1.54) is 12.0 Å². The number of halogens is 1. The van der Waals surface area contributed by atoms with E-state index in [4.69, 9.17) is 26.4 Å². The molecule has 0 fully saturated rings. The smallest absolute Gasteiger partial charge is 0.354 e. The largest absolute Gasteiger partial charge is 0.506 e. The van der Waals surface area contributed by atoms with Crippen LogP contribution >= 0.6 is 46.5 Å². The lowest BCUT2D eigenvalue weighted by molar-refractivity contribution is 0.0589. The Balaban J connectivity index is 1.26. The molecule has 4 aromatic heterocycles. The van der Waals surface area contributed by atoms with Gasteiger partial charge in [0.1, 0.15) is 22.0 Å². The number of nitrogens with zero attached hydrogens (tertiary/aromatic N) is 5. The maximum Gasteiger partial charge on any atom is 0.354 e. The van der Waals surface area contributed by atoms with Crippen molar-refractivity contribution in [1.82, 2.24) is 24.3 Å². The quantitative estimate of drug-likeness (QED) is 0.0890. The zero-order valence-electron chi connectivity index (χ0n) is 28.0. The summed E-state index contributed by atoms with van der Waals surface area (Å²) >= 11 is 12.2. The van der Waals surface area contributed by atoms with Crippen molar-refractivity contribution in [3.8, 4) is 16.9 Å². The number of aromatic nitrogens is 5. The van der Waals surface area contributed by atoms with Crippen LogP contribution < -0.4 is 0 Å². The minimum atomic E-state index is -0.422. The number of thiazole rings is 1. The van der Waals surface area contributed by atoms with Gasteiger partial charge in [0.2, 0.25) is 0 Å². The number of phenolic OH excluding ortho intramolecular Hbond substituents is 1. The number of fused-ring (bicyclic) bond motifs is 2. The predicted molar refractivity (Wildman–Crippen MR) is 201 cm³/mol. The fraction of sp³-hybridized carbons (Fsp3) is 0.333. The van der Waals surface area contributed by atoms with Crippen molar-refractivity contribution in [2.75, 3.05) is 13.7 Å². The summed E-state index contributed by atoms with van der Waals surface area (Å²) in [5.41, 5.74) is 7.53. The first kappa shape index (κ1) is 35.3. The monoisotopic (exact) mass is 735 g/mol. The van der Waals surface area contributed by atoms with Crippen molar-refractivity contribution in [2.24, 2.45) is 7.05 Å². The molecule has 0 radical (unpaired) electrons. The zero-order valence-corrected chi connectivity index (χ0v) is 31.2. The number of carbonyl (C=O) groups is 1. The van der Waals surface area contributed by atoms with Crippen LogP contribution in [-0.4, -0.2) is 54.2 Å². The van der Waals surface area contributed by atoms with Gasteiger partial charge in [-0.1, -0.05) is 23.7 Å². The van der Waals surface area contributed by atoms with Gasteiger partial charge in [0.25, 0.3) is 0 Å². The van der Waals surface area contributed by atoms with E-state index in [1.807, 2.05) is 47.5 Å². The van der Waals surface area contributed by atoms with E-state index < -0.39 is 5.97 Å². The fourth-order valence-corrected chi connectivity index (χ4v) is 9.91. The Morgan fingerprint density at radius 2 is 1.92 bits per heavy atom. The van der Waals surface area contributed by atoms with Gasteiger partial charge in [-0.05, 0) is 63.4 Å². The fourth-order valence-electron chi connectivity index (χ4n) is 6.36. The van der Waals surface area contributed by atoms with Crippen LogP contribution in [0.5, 0.6) is 5.75 Å². The zero-order chi connectivity index (χ0) is 34.8. The number of benzene rings is 2. The van der Waals surface area contributed by atoms with Gasteiger partial charge in [0, 0.05) is 75.3 Å². The molecule has 4 heterocycles. The Hall–Kier alpha value is -3.55. The predicted octanol–water partition coefficient (Wildman–Crippen LogP) is 8.48. The Labute approximate surface area is 302 Å². The molecule has 6 aromatic rings. The first-order chi connectivity index (χ1) is 23.7. The van der Waals surface area contributed by atoms with Crippen molar-refractivity contribution >= 4 is 74.2 Å². The number of esters is 1. The molecule has 2 N–H and O–H groups in total. The molecule has 0 atom stereocenters. The second kappa shape index (κ2) is 15.1. The van der Waals surface area contributed by atoms with Gasteiger partial charge in [0.05, 0.1) is 34.7 Å². The van der Waals surface area contributed by atoms with E-state index in [0.717, 1.165) is 71.5 Å². The SMILES string of the molecule is CCn1nc(C)c(-c2c(Cl)ccc3c(CCCO)c(C(=O)OC)n(C)c23)c1CSCc1nc(C)c(CSc2cc(O)c3ncccc3c2)s1. The summed E-state index contributed by atoms with van der Waals surface area (Å²) in [6.45, 7) is 6.85. The van der Waals surface area contributed by atoms with Crippen molar-refractivity contribution in [2.45, 2.75) is 62.3 Å². The average molecular weight is 736 g/mol. The van der Waals surface area contributed by atoms with E-state index >= 15 is 0 Å². The minimum Gasteiger partial charge on any atom is -0.506 e. The van der Waals surface area contributed by atoms with E-state index in [0.29, 0.717) is 41.4 Å². The summed E-state index contributed by atoms with van der Waals surface area (Å²) in [5.74, 6) is 1.96. The third-order valence-electron chi connectivity index (χ3n) is 8.58. The number of hydrogen-bond acceptors (Lipinski definition) is 10. The number of hydrogen-bond donors (Lipinski definition) is 2. The summed E-state index contributed by atoms with van der Waals surface area (Å²) in [7, 11) is 3.25. The molecular weight excluding hydrogens is 698 g/mol. The summed E-state index contributed by atoms with van der Waals surface area (Å²) in [6, 6.07) is 11.5. The molecular formula is C36H38ClN5O4S3. The summed E-state index contributed by atoms with van der Waals surface area (Å²) in [4.78, 5) is 24.4. The minimum absolute atomic E-state index is 0.0209. The second-order valence-electron chi connectivity index (χ2n) is 11.7. The molecule has 0 spiro atoms. The van der Waals surface area contributed by atoms with Gasteiger partial charge in [0.15, 0.2) is 0 Å². The van der Waals surface area contributed by atoms with Crippen molar-refractivity contribution in [3.63, 3.8) is 0 Å². The average Bonchev–Trinajstić information content (AvgIpc) is 3.71. The van der Waals surface area contributed by atoms with E-state index in [-0.39, 0.29) is 12.4 Å². The van der Waals surface area contributed by atoms with Crippen LogP contribution in [-0.2, 0) is 42.0 Å². The molecule has 6 rings (SSSR count). The van der Waals surface area contributed by atoms with Crippen LogP contribution in [0.1, 0.15) is 56.4 Å². The number of aliphatic hydroxyl groups excluding tert-OH is 1. The van der Waals surface area contributed by atoms with E-state index in [2.05, 4.69) is 24.9 Å². The highest BCUT2D eigenvalue weighted by Crippen LogP contribution is 2.43. The standard InChI is InChI=1S/C36H38ClN5O4S3/c1-6-42-27(17-47-19-30-39-20(2)29(49-30)18-48-23-15-22-9-7-13-38-33(22)28(44)16-23)31(21(3)40-42)32-26(37)12-11-25-24(10-8-14-43)35(36(45)46-5)41(4)34(25)32/h7,9,11-13,15-16,43-44H,6,8,10,14,17-19H2,1-5H3. The topological polar surface area (TPSA) is 115 Å². The van der Waals surface area contributed by atoms with E-state index in [1.54, 1.807) is 47.1 Å². The molecule has 13 heteroatoms. The highest BCUT2D eigenvalue weighted by molar-refractivity contribution is 7.98. The number of pyridine rings is 1. The van der Waals surface area contributed by atoms with Crippen LogP contribution in [0, 0.1) is 13.8 Å². The van der Waals surface area contributed by atoms with Gasteiger partial charge in [-0.25, -0.2) is 9.78 Å². The lowest BCUT2D eigenvalue weighted by Crippen LogP contribution is -2.10. The molecule has 0 aliphatic heterocycles. The molecule has 0 bridgehead atoms. The summed E-state index contributed by atoms with van der Waals surface area (Å²) in [5, 5.41) is 28.4. The Morgan fingerprint density at radius 1 is 1.10 bits per heavy atom. The molecule has 0 unspecified atom stereocenters. The Morgan fingerprint density at radius 3 is 2.67 bits per heavy atom. The third kappa shape index (κ3) is 6.94. The van der Waals surface area contributed by atoms with Crippen LogP contribution in [0.4, 0.5) is 0 Å². The number of ether oxygens (including phenoxy) is 1. The Kier molecular flexibility index (Phi) is 10.9. The maximum atomic E-state index is 13.0. The summed E-state index contributed by atoms with van der Waals surface area (Å²) < 4.78 is 9.09. The normalized spacial score (nSPS) is 11.7. The number of rotatable bonds is 13. The molecule has 2 aromatic carbocycles. The van der Waals surface area contributed by atoms with Crippen molar-refractivity contribution in [3.05, 3.63) is 85.8 Å². The Bertz CT molecular complexity index is 2170. The van der Waals surface area contributed by atoms with Crippen molar-refractivity contribution < 1.29 is 19.7 Å². The number of thioether (sulfide) groups is 2. The van der Waals surface area contributed by atoms with Crippen molar-refractivity contribution in [1.29, 1.82) is 0 Å². The second-order valence-corrected chi connectivity index (χ2v) is 15.3. The number of carbonyl (C=O) groups excluding carboxylic acids is 1. The molecule has 0 aliphatic rings. The highest BCUT2D eigenvalue weighted by Gasteiger charge is 2.28. The number of aliphatic hydroxyl groups is 1. The van der Waals surface area contributed by atoms with Gasteiger partial charge < -0.3 is 19.5 Å². The van der Waals surface area contributed by atoms with Gasteiger partial charge in [-0.2, -0.15) is 5.10 Å². The van der Waals surface area contributed by atoms with Crippen LogP contribution in [0.15, 0.2) is 47.5 Å². The van der Waals surface area contributed by atoms with E-state index in [9.17, 15) is 15.0 Å². The van der Waals surface area contributed by atoms with Crippen LogP contribution in [0.25, 0.3) is 32.9 Å². The third-order valence-corrected chi connectivity index (χ3v) is 12.4. The molecule has 0 saturated heterocycles.